The summed E-state index contributed by atoms with van der Waals surface area (Å²) in [6.45, 7) is 2.30. The second-order valence-corrected chi connectivity index (χ2v) is 5.62. The Morgan fingerprint density at radius 3 is 2.95 bits per heavy atom. The number of aryl methyl sites for hydroxylation is 1. The van der Waals surface area contributed by atoms with Crippen molar-refractivity contribution >= 4 is 11.6 Å². The first-order valence-electron chi connectivity index (χ1n) is 6.92. The number of nitro groups is 1. The Kier molecular flexibility index (Phi) is 3.38. The van der Waals surface area contributed by atoms with E-state index in [-0.39, 0.29) is 29.8 Å². The highest BCUT2D eigenvalue weighted by Gasteiger charge is 2.52. The Labute approximate surface area is 121 Å². The fourth-order valence-electron chi connectivity index (χ4n) is 3.16. The molecule has 0 spiro atoms. The standard InChI is InChI=1S/C14H17N3O4/c1-7-6-8(2-3-10(7)17(19)20)14(18)16-12-11(15)9-4-5-21-13(9)12/h2-3,6,9,11-13H,4-5,15H2,1H3,(H,16,18). The number of hydrogen-bond donors (Lipinski definition) is 2. The molecule has 3 rings (SSSR count). The van der Waals surface area contributed by atoms with Gasteiger partial charge in [-0.15, -0.1) is 0 Å². The average molecular weight is 291 g/mol. The molecule has 2 fully saturated rings. The first-order valence-corrected chi connectivity index (χ1v) is 6.92. The quantitative estimate of drug-likeness (QED) is 0.631. The fraction of sp³-hybridized carbons (Fsp3) is 0.500. The van der Waals surface area contributed by atoms with Gasteiger partial charge in [-0.2, -0.15) is 0 Å². The van der Waals surface area contributed by atoms with E-state index in [4.69, 9.17) is 10.5 Å². The summed E-state index contributed by atoms with van der Waals surface area (Å²) in [5.41, 5.74) is 6.90. The number of hydrogen-bond acceptors (Lipinski definition) is 5. The van der Waals surface area contributed by atoms with Crippen molar-refractivity contribution < 1.29 is 14.5 Å². The van der Waals surface area contributed by atoms with Gasteiger partial charge in [0.05, 0.1) is 17.1 Å². The lowest BCUT2D eigenvalue weighted by Crippen LogP contribution is -2.68. The van der Waals surface area contributed by atoms with E-state index in [0.29, 0.717) is 23.7 Å². The van der Waals surface area contributed by atoms with Gasteiger partial charge >= 0.3 is 0 Å². The highest BCUT2D eigenvalue weighted by atomic mass is 16.6. The highest BCUT2D eigenvalue weighted by Crippen LogP contribution is 2.37. The number of fused-ring (bicyclic) bond motifs is 1. The van der Waals surface area contributed by atoms with Crippen LogP contribution in [0, 0.1) is 23.0 Å². The molecule has 0 aromatic heterocycles. The Bertz CT molecular complexity index is 604. The van der Waals surface area contributed by atoms with Gasteiger partial charge in [-0.1, -0.05) is 0 Å². The van der Waals surface area contributed by atoms with Crippen molar-refractivity contribution in [3.05, 3.63) is 39.4 Å². The lowest BCUT2D eigenvalue weighted by atomic mass is 9.72. The second kappa shape index (κ2) is 5.09. The van der Waals surface area contributed by atoms with Gasteiger partial charge in [0.15, 0.2) is 0 Å². The van der Waals surface area contributed by atoms with E-state index in [9.17, 15) is 14.9 Å². The lowest BCUT2D eigenvalue weighted by Gasteiger charge is -2.45. The topological polar surface area (TPSA) is 107 Å². The summed E-state index contributed by atoms with van der Waals surface area (Å²) in [7, 11) is 0. The zero-order valence-corrected chi connectivity index (χ0v) is 11.6. The van der Waals surface area contributed by atoms with Crippen LogP contribution in [0.2, 0.25) is 0 Å². The smallest absolute Gasteiger partial charge is 0.272 e. The number of amides is 1. The van der Waals surface area contributed by atoms with E-state index in [0.717, 1.165) is 6.42 Å². The third-order valence-corrected chi connectivity index (χ3v) is 4.40. The van der Waals surface area contributed by atoms with Crippen molar-refractivity contribution in [3.63, 3.8) is 0 Å². The molecule has 0 bridgehead atoms. The first-order chi connectivity index (χ1) is 9.99. The molecule has 1 heterocycles. The van der Waals surface area contributed by atoms with Gasteiger partial charge in [0.25, 0.3) is 11.6 Å². The van der Waals surface area contributed by atoms with E-state index in [2.05, 4.69) is 5.32 Å². The van der Waals surface area contributed by atoms with E-state index in [1.54, 1.807) is 6.92 Å². The molecule has 112 valence electrons. The molecule has 3 N–H and O–H groups in total. The van der Waals surface area contributed by atoms with Crippen LogP contribution in [0.15, 0.2) is 18.2 Å². The molecule has 1 aromatic carbocycles. The minimum Gasteiger partial charge on any atom is -0.376 e. The Morgan fingerprint density at radius 1 is 1.52 bits per heavy atom. The third-order valence-electron chi connectivity index (χ3n) is 4.40. The highest BCUT2D eigenvalue weighted by molar-refractivity contribution is 5.95. The molecule has 7 nitrogen and oxygen atoms in total. The molecule has 21 heavy (non-hydrogen) atoms. The molecular weight excluding hydrogens is 274 g/mol. The monoisotopic (exact) mass is 291 g/mol. The molecule has 1 aliphatic carbocycles. The number of nitrogens with zero attached hydrogens (tertiary/aromatic N) is 1. The van der Waals surface area contributed by atoms with Gasteiger partial charge in [-0.3, -0.25) is 14.9 Å². The number of benzene rings is 1. The van der Waals surface area contributed by atoms with E-state index in [1.807, 2.05) is 0 Å². The van der Waals surface area contributed by atoms with Crippen molar-refractivity contribution in [3.8, 4) is 0 Å². The van der Waals surface area contributed by atoms with Crippen LogP contribution >= 0.6 is 0 Å². The minimum atomic E-state index is -0.462. The number of carbonyl (C=O) groups is 1. The zero-order valence-electron chi connectivity index (χ0n) is 11.6. The molecule has 1 aromatic rings. The van der Waals surface area contributed by atoms with E-state index >= 15 is 0 Å². The summed E-state index contributed by atoms with van der Waals surface area (Å²) < 4.78 is 5.56. The lowest BCUT2D eigenvalue weighted by molar-refractivity contribution is -0.385. The van der Waals surface area contributed by atoms with Gasteiger partial charge in [-0.05, 0) is 25.5 Å². The van der Waals surface area contributed by atoms with Crippen LogP contribution in [0.25, 0.3) is 0 Å². The summed E-state index contributed by atoms with van der Waals surface area (Å²) in [6, 6.07) is 4.06. The molecule has 1 saturated heterocycles. The number of nitrogens with two attached hydrogens (primary N) is 1. The summed E-state index contributed by atoms with van der Waals surface area (Å²) in [5.74, 6) is 0.0521. The number of ether oxygens (including phenoxy) is 1. The van der Waals surface area contributed by atoms with Crippen LogP contribution in [-0.4, -0.2) is 35.6 Å². The van der Waals surface area contributed by atoms with Gasteiger partial charge < -0.3 is 15.8 Å². The molecule has 1 amide bonds. The number of nitrogens with one attached hydrogen (secondary N) is 1. The molecule has 7 heteroatoms. The number of rotatable bonds is 3. The van der Waals surface area contributed by atoms with Gasteiger partial charge in [0.1, 0.15) is 0 Å². The number of nitro benzene ring substituents is 1. The summed E-state index contributed by atoms with van der Waals surface area (Å²) in [6.07, 6.45) is 0.942. The predicted octanol–water partition coefficient (Wildman–Crippen LogP) is 0.748. The summed E-state index contributed by atoms with van der Waals surface area (Å²) in [5, 5.41) is 13.6. The molecule has 1 aliphatic heterocycles. The zero-order chi connectivity index (χ0) is 15.1. The maximum atomic E-state index is 12.2. The minimum absolute atomic E-state index is 0.00287. The van der Waals surface area contributed by atoms with Crippen LogP contribution in [0.5, 0.6) is 0 Å². The van der Waals surface area contributed by atoms with Gasteiger partial charge in [0.2, 0.25) is 0 Å². The van der Waals surface area contributed by atoms with Crippen LogP contribution in [0.4, 0.5) is 5.69 Å². The van der Waals surface area contributed by atoms with E-state index < -0.39 is 4.92 Å². The summed E-state index contributed by atoms with van der Waals surface area (Å²) >= 11 is 0. The molecule has 1 saturated carbocycles. The van der Waals surface area contributed by atoms with Crippen molar-refractivity contribution in [1.82, 2.24) is 5.32 Å². The predicted molar refractivity (Wildman–Crippen MR) is 74.9 cm³/mol. The van der Waals surface area contributed by atoms with Crippen molar-refractivity contribution in [2.45, 2.75) is 31.5 Å². The molecular formula is C14H17N3O4. The van der Waals surface area contributed by atoms with Gasteiger partial charge in [-0.25, -0.2) is 0 Å². The Balaban J connectivity index is 1.71. The van der Waals surface area contributed by atoms with Crippen LogP contribution in [0.1, 0.15) is 22.3 Å². The molecule has 2 aliphatic rings. The van der Waals surface area contributed by atoms with Crippen LogP contribution in [0.3, 0.4) is 0 Å². The van der Waals surface area contributed by atoms with Crippen LogP contribution in [-0.2, 0) is 4.74 Å². The number of carbonyl (C=O) groups excluding carboxylic acids is 1. The van der Waals surface area contributed by atoms with E-state index in [1.165, 1.54) is 18.2 Å². The van der Waals surface area contributed by atoms with Crippen LogP contribution < -0.4 is 11.1 Å². The summed E-state index contributed by atoms with van der Waals surface area (Å²) in [4.78, 5) is 22.5. The van der Waals surface area contributed by atoms with Crippen molar-refractivity contribution in [1.29, 1.82) is 0 Å². The van der Waals surface area contributed by atoms with Crippen molar-refractivity contribution in [2.75, 3.05) is 6.61 Å². The normalized spacial score (nSPS) is 30.4. The van der Waals surface area contributed by atoms with Gasteiger partial charge in [0, 0.05) is 35.8 Å². The average Bonchev–Trinajstić information content (AvgIpc) is 2.88. The maximum Gasteiger partial charge on any atom is 0.272 e. The molecule has 4 atom stereocenters. The maximum absolute atomic E-state index is 12.2. The molecule has 0 radical (unpaired) electrons. The fourth-order valence-corrected chi connectivity index (χ4v) is 3.16. The third kappa shape index (κ3) is 2.28. The largest absolute Gasteiger partial charge is 0.376 e. The second-order valence-electron chi connectivity index (χ2n) is 5.62. The Morgan fingerprint density at radius 2 is 2.29 bits per heavy atom. The molecule has 4 unspecified atom stereocenters. The van der Waals surface area contributed by atoms with Crippen molar-refractivity contribution in [2.24, 2.45) is 11.7 Å². The first kappa shape index (κ1) is 14.0. The SMILES string of the molecule is Cc1cc(C(=O)NC2C(N)C3CCOC32)ccc1[N+](=O)[O-]. The Hall–Kier alpha value is -1.99.